The molecule has 1 aromatic carbocycles. The normalized spacial score (nSPS) is 14.9. The third-order valence-electron chi connectivity index (χ3n) is 4.24. The number of hydrogen-bond donors (Lipinski definition) is 2. The molecule has 0 aliphatic carbocycles. The van der Waals surface area contributed by atoms with Crippen LogP contribution in [0.15, 0.2) is 24.3 Å². The molecule has 1 fully saturated rings. The summed E-state index contributed by atoms with van der Waals surface area (Å²) in [6, 6.07) is 5.45. The van der Waals surface area contributed by atoms with Gasteiger partial charge < -0.3 is 15.5 Å². The Morgan fingerprint density at radius 3 is 2.36 bits per heavy atom. The number of halogens is 1. The highest BCUT2D eigenvalue weighted by molar-refractivity contribution is 5.94. The fraction of sp³-hybridized carbons (Fsp3) is 0.500. The average Bonchev–Trinajstić information content (AvgIpc) is 2.64. The van der Waals surface area contributed by atoms with Gasteiger partial charge in [-0.3, -0.25) is 14.4 Å². The number of benzene rings is 1. The van der Waals surface area contributed by atoms with Crippen molar-refractivity contribution in [2.24, 2.45) is 5.92 Å². The number of likely N-dealkylation sites (tertiary alicyclic amines) is 1. The molecule has 1 heterocycles. The van der Waals surface area contributed by atoms with Crippen molar-refractivity contribution in [1.82, 2.24) is 15.5 Å². The van der Waals surface area contributed by atoms with Gasteiger partial charge in [0, 0.05) is 31.1 Å². The van der Waals surface area contributed by atoms with Gasteiger partial charge in [-0.05, 0) is 43.5 Å². The Morgan fingerprint density at radius 1 is 1.12 bits per heavy atom. The molecule has 0 saturated carbocycles. The van der Waals surface area contributed by atoms with Crippen LogP contribution in [0.5, 0.6) is 0 Å². The van der Waals surface area contributed by atoms with Crippen LogP contribution in [0.2, 0.25) is 0 Å². The van der Waals surface area contributed by atoms with Gasteiger partial charge in [0.2, 0.25) is 11.8 Å². The Hall–Kier alpha value is -2.44. The summed E-state index contributed by atoms with van der Waals surface area (Å²) in [5, 5.41) is 5.35. The summed E-state index contributed by atoms with van der Waals surface area (Å²) in [6.45, 7) is 3.47. The lowest BCUT2D eigenvalue weighted by atomic mass is 9.95. The minimum Gasteiger partial charge on any atom is -0.355 e. The summed E-state index contributed by atoms with van der Waals surface area (Å²) in [5.41, 5.74) is 0.442. The number of amides is 3. The number of carbonyl (C=O) groups is 3. The monoisotopic (exact) mass is 349 g/mol. The van der Waals surface area contributed by atoms with Crippen LogP contribution >= 0.6 is 0 Å². The van der Waals surface area contributed by atoms with Crippen LogP contribution in [0.1, 0.15) is 36.5 Å². The molecule has 0 atom stereocenters. The van der Waals surface area contributed by atoms with Crippen LogP contribution in [-0.2, 0) is 9.59 Å². The molecule has 136 valence electrons. The van der Waals surface area contributed by atoms with Crippen LogP contribution < -0.4 is 10.6 Å². The second kappa shape index (κ2) is 9.15. The number of carbonyl (C=O) groups excluding carboxylic acids is 3. The van der Waals surface area contributed by atoms with Crippen molar-refractivity contribution in [2.45, 2.75) is 26.2 Å². The Bertz CT molecular complexity index is 610. The Balaban J connectivity index is 1.77. The van der Waals surface area contributed by atoms with Gasteiger partial charge in [-0.15, -0.1) is 0 Å². The van der Waals surface area contributed by atoms with E-state index in [1.165, 1.54) is 24.3 Å². The molecule has 0 radical (unpaired) electrons. The smallest absolute Gasteiger partial charge is 0.253 e. The molecule has 1 saturated heterocycles. The minimum atomic E-state index is -0.380. The second-order valence-electron chi connectivity index (χ2n) is 6.14. The van der Waals surface area contributed by atoms with E-state index < -0.39 is 0 Å². The summed E-state index contributed by atoms with van der Waals surface area (Å²) >= 11 is 0. The number of hydrogen-bond acceptors (Lipinski definition) is 3. The SMILES string of the molecule is CCCNC(=O)CNC(=O)C1CCN(C(=O)c2ccc(F)cc2)CC1. The highest BCUT2D eigenvalue weighted by Gasteiger charge is 2.27. The maximum atomic E-state index is 12.9. The van der Waals surface area contributed by atoms with Gasteiger partial charge in [0.25, 0.3) is 5.91 Å². The van der Waals surface area contributed by atoms with E-state index in [-0.39, 0.29) is 36.0 Å². The highest BCUT2D eigenvalue weighted by atomic mass is 19.1. The van der Waals surface area contributed by atoms with Gasteiger partial charge in [-0.2, -0.15) is 0 Å². The lowest BCUT2D eigenvalue weighted by Gasteiger charge is -2.31. The molecule has 25 heavy (non-hydrogen) atoms. The predicted octanol–water partition coefficient (Wildman–Crippen LogP) is 1.32. The molecule has 2 N–H and O–H groups in total. The lowest BCUT2D eigenvalue weighted by Crippen LogP contribution is -2.45. The number of nitrogens with one attached hydrogen (secondary N) is 2. The molecule has 3 amide bonds. The van der Waals surface area contributed by atoms with Crippen LogP contribution in [0.3, 0.4) is 0 Å². The second-order valence-corrected chi connectivity index (χ2v) is 6.14. The average molecular weight is 349 g/mol. The Kier molecular flexibility index (Phi) is 6.91. The summed E-state index contributed by atoms with van der Waals surface area (Å²) in [5.74, 6) is -1.08. The fourth-order valence-electron chi connectivity index (χ4n) is 2.76. The van der Waals surface area contributed by atoms with Crippen molar-refractivity contribution >= 4 is 17.7 Å². The van der Waals surface area contributed by atoms with Gasteiger partial charge in [0.05, 0.1) is 6.54 Å². The van der Waals surface area contributed by atoms with E-state index in [0.29, 0.717) is 38.0 Å². The zero-order chi connectivity index (χ0) is 18.2. The summed E-state index contributed by atoms with van der Waals surface area (Å²) in [6.07, 6.45) is 1.95. The van der Waals surface area contributed by atoms with E-state index in [1.54, 1.807) is 4.90 Å². The van der Waals surface area contributed by atoms with Crippen LogP contribution in [0.25, 0.3) is 0 Å². The first-order valence-electron chi connectivity index (χ1n) is 8.60. The maximum Gasteiger partial charge on any atom is 0.253 e. The van der Waals surface area contributed by atoms with E-state index in [4.69, 9.17) is 0 Å². The van der Waals surface area contributed by atoms with Crippen molar-refractivity contribution in [2.75, 3.05) is 26.2 Å². The molecule has 1 aliphatic rings. The van der Waals surface area contributed by atoms with E-state index in [1.807, 2.05) is 6.92 Å². The molecule has 1 aliphatic heterocycles. The number of nitrogens with zero attached hydrogens (tertiary/aromatic N) is 1. The van der Waals surface area contributed by atoms with Crippen molar-refractivity contribution in [3.8, 4) is 0 Å². The topological polar surface area (TPSA) is 78.5 Å². The van der Waals surface area contributed by atoms with Crippen LogP contribution in [-0.4, -0.2) is 48.8 Å². The first-order valence-corrected chi connectivity index (χ1v) is 8.60. The van der Waals surface area contributed by atoms with Crippen molar-refractivity contribution in [3.05, 3.63) is 35.6 Å². The van der Waals surface area contributed by atoms with Crippen molar-refractivity contribution in [3.63, 3.8) is 0 Å². The van der Waals surface area contributed by atoms with Crippen molar-refractivity contribution in [1.29, 1.82) is 0 Å². The summed E-state index contributed by atoms with van der Waals surface area (Å²) in [4.78, 5) is 37.7. The zero-order valence-electron chi connectivity index (χ0n) is 14.4. The molecule has 0 unspecified atom stereocenters. The number of rotatable bonds is 6. The molecule has 1 aromatic rings. The van der Waals surface area contributed by atoms with Gasteiger partial charge in [-0.25, -0.2) is 4.39 Å². The highest BCUT2D eigenvalue weighted by Crippen LogP contribution is 2.19. The Morgan fingerprint density at radius 2 is 1.76 bits per heavy atom. The van der Waals surface area contributed by atoms with Crippen LogP contribution in [0.4, 0.5) is 4.39 Å². The first-order chi connectivity index (χ1) is 12.0. The van der Waals surface area contributed by atoms with Gasteiger partial charge in [0.15, 0.2) is 0 Å². The maximum absolute atomic E-state index is 12.9. The minimum absolute atomic E-state index is 0.0203. The van der Waals surface area contributed by atoms with Crippen LogP contribution in [0, 0.1) is 11.7 Å². The molecular formula is C18H24FN3O3. The van der Waals surface area contributed by atoms with E-state index in [9.17, 15) is 18.8 Å². The molecule has 0 bridgehead atoms. The molecule has 7 heteroatoms. The molecule has 0 aromatic heterocycles. The third kappa shape index (κ3) is 5.55. The van der Waals surface area contributed by atoms with E-state index in [0.717, 1.165) is 6.42 Å². The van der Waals surface area contributed by atoms with Gasteiger partial charge in [-0.1, -0.05) is 6.92 Å². The molecular weight excluding hydrogens is 325 g/mol. The summed E-state index contributed by atoms with van der Waals surface area (Å²) in [7, 11) is 0. The van der Waals surface area contributed by atoms with Gasteiger partial charge >= 0.3 is 0 Å². The third-order valence-corrected chi connectivity index (χ3v) is 4.24. The number of piperidine rings is 1. The standard InChI is InChI=1S/C18H24FN3O3/c1-2-9-20-16(23)12-21-17(24)13-7-10-22(11-8-13)18(25)14-3-5-15(19)6-4-14/h3-6,13H,2,7-12H2,1H3,(H,20,23)(H,21,24). The van der Waals surface area contributed by atoms with Crippen molar-refractivity contribution < 1.29 is 18.8 Å². The quantitative estimate of drug-likeness (QED) is 0.813. The van der Waals surface area contributed by atoms with E-state index >= 15 is 0 Å². The molecule has 2 rings (SSSR count). The van der Waals surface area contributed by atoms with E-state index in [2.05, 4.69) is 10.6 Å². The lowest BCUT2D eigenvalue weighted by molar-refractivity contribution is -0.129. The predicted molar refractivity (Wildman–Crippen MR) is 91.3 cm³/mol. The summed E-state index contributed by atoms with van der Waals surface area (Å²) < 4.78 is 12.9. The molecule has 0 spiro atoms. The van der Waals surface area contributed by atoms with Gasteiger partial charge in [0.1, 0.15) is 5.82 Å². The fourth-order valence-corrected chi connectivity index (χ4v) is 2.76. The molecule has 6 nitrogen and oxygen atoms in total. The largest absolute Gasteiger partial charge is 0.355 e. The first kappa shape index (κ1) is 18.9. The Labute approximate surface area is 146 Å². The zero-order valence-corrected chi connectivity index (χ0v) is 14.4.